The second-order valence-corrected chi connectivity index (χ2v) is 3.46. The summed E-state index contributed by atoms with van der Waals surface area (Å²) in [7, 11) is 0. The van der Waals surface area contributed by atoms with E-state index in [-0.39, 0.29) is 11.8 Å². The number of aromatic nitrogens is 1. The smallest absolute Gasteiger partial charge is 0.249 e. The molecule has 0 unspecified atom stereocenters. The van der Waals surface area contributed by atoms with Crippen LogP contribution in [-0.4, -0.2) is 22.8 Å². The molecule has 1 rings (SSSR count). The van der Waals surface area contributed by atoms with Gasteiger partial charge in [-0.15, -0.1) is 11.6 Å². The lowest BCUT2D eigenvalue weighted by molar-refractivity contribution is -0.113. The number of nitrogens with one attached hydrogen (secondary N) is 1. The molecule has 1 amide bonds. The summed E-state index contributed by atoms with van der Waals surface area (Å²) in [6, 6.07) is 0. The van der Waals surface area contributed by atoms with Crippen molar-refractivity contribution in [3.63, 3.8) is 0 Å². The highest BCUT2D eigenvalue weighted by atomic mass is 35.5. The summed E-state index contributed by atoms with van der Waals surface area (Å²) < 4.78 is 9.32. The molecule has 0 aliphatic rings. The fourth-order valence-electron chi connectivity index (χ4n) is 0.796. The van der Waals surface area contributed by atoms with Crippen molar-refractivity contribution in [3.8, 4) is 5.88 Å². The van der Waals surface area contributed by atoms with Crippen LogP contribution in [0.3, 0.4) is 0 Å². The number of nitrogens with zero attached hydrogens (tertiary/aromatic N) is 1. The van der Waals surface area contributed by atoms with E-state index in [4.69, 9.17) is 16.3 Å². The van der Waals surface area contributed by atoms with Gasteiger partial charge in [-0.05, 0) is 18.0 Å². The second kappa shape index (κ2) is 5.82. The number of ether oxygens (including phenoxy) is 1. The van der Waals surface area contributed by atoms with Crippen LogP contribution >= 0.6 is 23.1 Å². The van der Waals surface area contributed by atoms with Gasteiger partial charge in [0, 0.05) is 5.38 Å². The molecule has 1 heterocycles. The highest BCUT2D eigenvalue weighted by Gasteiger charge is 2.09. The number of amides is 1. The van der Waals surface area contributed by atoms with Gasteiger partial charge >= 0.3 is 0 Å². The van der Waals surface area contributed by atoms with Crippen molar-refractivity contribution >= 4 is 34.7 Å². The molecule has 0 saturated carbocycles. The van der Waals surface area contributed by atoms with Gasteiger partial charge in [0.2, 0.25) is 11.8 Å². The number of rotatable bonds is 5. The van der Waals surface area contributed by atoms with Gasteiger partial charge in [-0.2, -0.15) is 4.37 Å². The van der Waals surface area contributed by atoms with Crippen molar-refractivity contribution in [3.05, 3.63) is 5.38 Å². The molecule has 1 N–H and O–H groups in total. The standard InChI is InChI=1S/C8H11ClN2O2S/c1-2-3-13-8-6(5-14-11-8)10-7(12)4-9/h5H,2-4H2,1H3,(H,10,12). The Labute approximate surface area is 91.4 Å². The fourth-order valence-corrected chi connectivity index (χ4v) is 1.43. The summed E-state index contributed by atoms with van der Waals surface area (Å²) >= 11 is 6.59. The Morgan fingerprint density at radius 3 is 3.21 bits per heavy atom. The topological polar surface area (TPSA) is 51.2 Å². The lowest BCUT2D eigenvalue weighted by Crippen LogP contribution is -2.13. The van der Waals surface area contributed by atoms with Crippen LogP contribution in [0.4, 0.5) is 5.69 Å². The minimum absolute atomic E-state index is 0.0664. The molecule has 0 bridgehead atoms. The number of alkyl halides is 1. The van der Waals surface area contributed by atoms with Crippen LogP contribution in [0.15, 0.2) is 5.38 Å². The Morgan fingerprint density at radius 2 is 2.57 bits per heavy atom. The average Bonchev–Trinajstić information content (AvgIpc) is 2.62. The zero-order valence-corrected chi connectivity index (χ0v) is 9.32. The molecule has 0 saturated heterocycles. The summed E-state index contributed by atoms with van der Waals surface area (Å²) in [5, 5.41) is 4.32. The SMILES string of the molecule is CCCOc1nscc1NC(=O)CCl. The summed E-state index contributed by atoms with van der Waals surface area (Å²) in [5.41, 5.74) is 0.592. The summed E-state index contributed by atoms with van der Waals surface area (Å²) in [4.78, 5) is 11.0. The predicted octanol–water partition coefficient (Wildman–Crippen LogP) is 2.11. The van der Waals surface area contributed by atoms with E-state index in [0.29, 0.717) is 18.2 Å². The number of halogens is 1. The number of hydrogen-bond donors (Lipinski definition) is 1. The highest BCUT2D eigenvalue weighted by molar-refractivity contribution is 7.04. The molecule has 6 heteroatoms. The molecule has 0 spiro atoms. The first-order valence-electron chi connectivity index (χ1n) is 4.21. The van der Waals surface area contributed by atoms with Gasteiger partial charge in [-0.3, -0.25) is 4.79 Å². The Bertz CT molecular complexity index is 303. The molecule has 0 atom stereocenters. The number of anilines is 1. The molecule has 78 valence electrons. The zero-order chi connectivity index (χ0) is 10.4. The Morgan fingerprint density at radius 1 is 1.79 bits per heavy atom. The first-order valence-corrected chi connectivity index (χ1v) is 5.58. The van der Waals surface area contributed by atoms with Crippen molar-refractivity contribution < 1.29 is 9.53 Å². The fraction of sp³-hybridized carbons (Fsp3) is 0.500. The third-order valence-electron chi connectivity index (χ3n) is 1.37. The largest absolute Gasteiger partial charge is 0.476 e. The van der Waals surface area contributed by atoms with Crippen LogP contribution in [0.5, 0.6) is 5.88 Å². The van der Waals surface area contributed by atoms with E-state index in [1.165, 1.54) is 11.5 Å². The molecule has 0 aliphatic carbocycles. The Kier molecular flexibility index (Phi) is 4.69. The maximum atomic E-state index is 11.0. The van der Waals surface area contributed by atoms with Gasteiger partial charge in [0.05, 0.1) is 6.61 Å². The van der Waals surface area contributed by atoms with Crippen LogP contribution in [-0.2, 0) is 4.79 Å². The van der Waals surface area contributed by atoms with Gasteiger partial charge in [0.25, 0.3) is 0 Å². The van der Waals surface area contributed by atoms with Crippen LogP contribution in [0.25, 0.3) is 0 Å². The quantitative estimate of drug-likeness (QED) is 0.794. The van der Waals surface area contributed by atoms with Crippen LogP contribution in [0.1, 0.15) is 13.3 Å². The predicted molar refractivity (Wildman–Crippen MR) is 57.2 cm³/mol. The first kappa shape index (κ1) is 11.3. The van der Waals surface area contributed by atoms with Crippen molar-refractivity contribution in [1.82, 2.24) is 4.37 Å². The van der Waals surface area contributed by atoms with E-state index in [9.17, 15) is 4.79 Å². The van der Waals surface area contributed by atoms with E-state index >= 15 is 0 Å². The van der Waals surface area contributed by atoms with Crippen molar-refractivity contribution in [2.24, 2.45) is 0 Å². The van der Waals surface area contributed by atoms with Gasteiger partial charge in [-0.1, -0.05) is 6.92 Å². The van der Waals surface area contributed by atoms with E-state index in [1.54, 1.807) is 5.38 Å². The van der Waals surface area contributed by atoms with Gasteiger partial charge in [0.1, 0.15) is 11.6 Å². The van der Waals surface area contributed by atoms with Crippen LogP contribution < -0.4 is 10.1 Å². The van der Waals surface area contributed by atoms with Crippen LogP contribution in [0, 0.1) is 0 Å². The molecule has 1 aromatic rings. The molecular formula is C8H11ClN2O2S. The minimum Gasteiger partial charge on any atom is -0.476 e. The molecule has 0 radical (unpaired) electrons. The molecule has 0 aromatic carbocycles. The minimum atomic E-state index is -0.256. The third kappa shape index (κ3) is 3.16. The van der Waals surface area contributed by atoms with Crippen LogP contribution in [0.2, 0.25) is 0 Å². The molecular weight excluding hydrogens is 224 g/mol. The van der Waals surface area contributed by atoms with Gasteiger partial charge in [0.15, 0.2) is 0 Å². The van der Waals surface area contributed by atoms with Gasteiger partial charge in [-0.25, -0.2) is 0 Å². The van der Waals surface area contributed by atoms with Crippen molar-refractivity contribution in [2.45, 2.75) is 13.3 Å². The molecule has 14 heavy (non-hydrogen) atoms. The number of carbonyl (C=O) groups excluding carboxylic acids is 1. The van der Waals surface area contributed by atoms with Gasteiger partial charge < -0.3 is 10.1 Å². The molecule has 0 fully saturated rings. The lowest BCUT2D eigenvalue weighted by atomic mass is 10.5. The second-order valence-electron chi connectivity index (χ2n) is 2.56. The van der Waals surface area contributed by atoms with E-state index in [0.717, 1.165) is 6.42 Å². The highest BCUT2D eigenvalue weighted by Crippen LogP contribution is 2.24. The number of carbonyl (C=O) groups is 1. The van der Waals surface area contributed by atoms with Crippen molar-refractivity contribution in [1.29, 1.82) is 0 Å². The summed E-state index contributed by atoms with van der Waals surface area (Å²) in [5.74, 6) is 0.145. The van der Waals surface area contributed by atoms with E-state index in [2.05, 4.69) is 9.69 Å². The Hall–Kier alpha value is -0.810. The summed E-state index contributed by atoms with van der Waals surface area (Å²) in [6.45, 7) is 2.59. The maximum Gasteiger partial charge on any atom is 0.249 e. The molecule has 4 nitrogen and oxygen atoms in total. The maximum absolute atomic E-state index is 11.0. The molecule has 1 aromatic heterocycles. The number of hydrogen-bond acceptors (Lipinski definition) is 4. The third-order valence-corrected chi connectivity index (χ3v) is 2.23. The normalized spacial score (nSPS) is 9.86. The lowest BCUT2D eigenvalue weighted by Gasteiger charge is -2.04. The Balaban J connectivity index is 2.57. The van der Waals surface area contributed by atoms with Crippen molar-refractivity contribution in [2.75, 3.05) is 17.8 Å². The average molecular weight is 235 g/mol. The summed E-state index contributed by atoms with van der Waals surface area (Å²) in [6.07, 6.45) is 0.903. The zero-order valence-electron chi connectivity index (χ0n) is 7.75. The molecule has 0 aliphatic heterocycles. The monoisotopic (exact) mass is 234 g/mol. The van der Waals surface area contributed by atoms with E-state index < -0.39 is 0 Å². The first-order chi connectivity index (χ1) is 6.77. The van der Waals surface area contributed by atoms with E-state index in [1.807, 2.05) is 6.92 Å².